The van der Waals surface area contributed by atoms with E-state index in [0.717, 1.165) is 22.7 Å². The SMILES string of the molecule is COc1ccc(CNc2cc(-c3noc(C)n3)ccn2)cc1. The van der Waals surface area contributed by atoms with E-state index in [1.807, 2.05) is 36.4 Å². The van der Waals surface area contributed by atoms with E-state index < -0.39 is 0 Å². The summed E-state index contributed by atoms with van der Waals surface area (Å²) in [6.07, 6.45) is 1.72. The minimum Gasteiger partial charge on any atom is -0.497 e. The highest BCUT2D eigenvalue weighted by molar-refractivity contribution is 5.58. The third-order valence-electron chi connectivity index (χ3n) is 3.18. The molecule has 1 aromatic carbocycles. The zero-order valence-electron chi connectivity index (χ0n) is 12.4. The quantitative estimate of drug-likeness (QED) is 0.780. The van der Waals surface area contributed by atoms with Crippen LogP contribution in [0.5, 0.6) is 5.75 Å². The van der Waals surface area contributed by atoms with Crippen molar-refractivity contribution >= 4 is 5.82 Å². The average Bonchev–Trinajstić information content (AvgIpc) is 3.00. The normalized spacial score (nSPS) is 10.5. The Bertz CT molecular complexity index is 753. The molecule has 3 aromatic rings. The van der Waals surface area contributed by atoms with Crippen molar-refractivity contribution in [3.8, 4) is 17.1 Å². The lowest BCUT2D eigenvalue weighted by Gasteiger charge is -2.07. The number of nitrogens with one attached hydrogen (secondary N) is 1. The summed E-state index contributed by atoms with van der Waals surface area (Å²) < 4.78 is 10.1. The maximum atomic E-state index is 5.14. The van der Waals surface area contributed by atoms with Crippen molar-refractivity contribution in [3.63, 3.8) is 0 Å². The number of aromatic nitrogens is 3. The van der Waals surface area contributed by atoms with E-state index in [9.17, 15) is 0 Å². The first-order chi connectivity index (χ1) is 10.7. The van der Waals surface area contributed by atoms with Gasteiger partial charge in [0.15, 0.2) is 0 Å². The summed E-state index contributed by atoms with van der Waals surface area (Å²) in [4.78, 5) is 8.51. The number of ether oxygens (including phenoxy) is 1. The van der Waals surface area contributed by atoms with Gasteiger partial charge in [0.2, 0.25) is 11.7 Å². The second-order valence-electron chi connectivity index (χ2n) is 4.77. The zero-order chi connectivity index (χ0) is 15.4. The maximum absolute atomic E-state index is 5.14. The molecule has 112 valence electrons. The molecular weight excluding hydrogens is 280 g/mol. The van der Waals surface area contributed by atoms with E-state index in [2.05, 4.69) is 20.4 Å². The number of benzene rings is 1. The Labute approximate surface area is 128 Å². The first-order valence-electron chi connectivity index (χ1n) is 6.88. The minimum absolute atomic E-state index is 0.541. The van der Waals surface area contributed by atoms with E-state index in [4.69, 9.17) is 9.26 Å². The molecule has 1 N–H and O–H groups in total. The highest BCUT2D eigenvalue weighted by Crippen LogP contribution is 2.19. The summed E-state index contributed by atoms with van der Waals surface area (Å²) >= 11 is 0. The Morgan fingerprint density at radius 2 is 2.00 bits per heavy atom. The van der Waals surface area contributed by atoms with Gasteiger partial charge in [-0.3, -0.25) is 0 Å². The fraction of sp³-hybridized carbons (Fsp3) is 0.188. The third kappa shape index (κ3) is 3.22. The van der Waals surface area contributed by atoms with E-state index in [1.54, 1.807) is 20.2 Å². The average molecular weight is 296 g/mol. The fourth-order valence-electron chi connectivity index (χ4n) is 2.02. The molecule has 6 nitrogen and oxygen atoms in total. The number of methoxy groups -OCH3 is 1. The number of anilines is 1. The van der Waals surface area contributed by atoms with Gasteiger partial charge in [-0.1, -0.05) is 17.3 Å². The van der Waals surface area contributed by atoms with Gasteiger partial charge in [0.05, 0.1) is 7.11 Å². The number of nitrogens with zero attached hydrogens (tertiary/aromatic N) is 3. The molecule has 0 aliphatic carbocycles. The smallest absolute Gasteiger partial charge is 0.223 e. The van der Waals surface area contributed by atoms with Crippen LogP contribution in [0.1, 0.15) is 11.5 Å². The Morgan fingerprint density at radius 1 is 1.18 bits per heavy atom. The topological polar surface area (TPSA) is 73.1 Å². The van der Waals surface area contributed by atoms with Crippen LogP contribution < -0.4 is 10.1 Å². The first-order valence-corrected chi connectivity index (χ1v) is 6.88. The lowest BCUT2D eigenvalue weighted by atomic mass is 10.2. The lowest BCUT2D eigenvalue weighted by Crippen LogP contribution is -2.01. The molecule has 3 rings (SSSR count). The van der Waals surface area contributed by atoms with Gasteiger partial charge in [-0.15, -0.1) is 0 Å². The summed E-state index contributed by atoms with van der Waals surface area (Å²) in [6.45, 7) is 2.44. The van der Waals surface area contributed by atoms with Crippen LogP contribution in [0.2, 0.25) is 0 Å². The molecule has 0 aliphatic rings. The monoisotopic (exact) mass is 296 g/mol. The Balaban J connectivity index is 1.70. The van der Waals surface area contributed by atoms with Gasteiger partial charge < -0.3 is 14.6 Å². The lowest BCUT2D eigenvalue weighted by molar-refractivity contribution is 0.394. The van der Waals surface area contributed by atoms with Crippen LogP contribution in [0.4, 0.5) is 5.82 Å². The van der Waals surface area contributed by atoms with Gasteiger partial charge in [-0.05, 0) is 29.8 Å². The molecule has 0 spiro atoms. The second-order valence-corrected chi connectivity index (χ2v) is 4.77. The van der Waals surface area contributed by atoms with Crippen molar-refractivity contribution in [2.75, 3.05) is 12.4 Å². The van der Waals surface area contributed by atoms with E-state index in [-0.39, 0.29) is 0 Å². The second kappa shape index (κ2) is 6.26. The third-order valence-corrected chi connectivity index (χ3v) is 3.18. The van der Waals surface area contributed by atoms with E-state index in [1.165, 1.54) is 0 Å². The Morgan fingerprint density at radius 3 is 2.68 bits per heavy atom. The van der Waals surface area contributed by atoms with Crippen molar-refractivity contribution < 1.29 is 9.26 Å². The van der Waals surface area contributed by atoms with E-state index in [0.29, 0.717) is 18.3 Å². The zero-order valence-corrected chi connectivity index (χ0v) is 12.4. The fourth-order valence-corrected chi connectivity index (χ4v) is 2.02. The van der Waals surface area contributed by atoms with Gasteiger partial charge in [0.1, 0.15) is 11.6 Å². The van der Waals surface area contributed by atoms with Crippen molar-refractivity contribution in [2.24, 2.45) is 0 Å². The Hall–Kier alpha value is -2.89. The summed E-state index contributed by atoms with van der Waals surface area (Å²) in [7, 11) is 1.66. The molecule has 0 unspecified atom stereocenters. The molecule has 0 saturated heterocycles. The number of pyridine rings is 1. The van der Waals surface area contributed by atoms with Crippen LogP contribution in [0.15, 0.2) is 47.1 Å². The number of hydrogen-bond donors (Lipinski definition) is 1. The predicted molar refractivity (Wildman–Crippen MR) is 82.6 cm³/mol. The van der Waals surface area contributed by atoms with Crippen LogP contribution in [0.25, 0.3) is 11.4 Å². The van der Waals surface area contributed by atoms with Gasteiger partial charge in [-0.25, -0.2) is 4.98 Å². The molecule has 0 fully saturated rings. The highest BCUT2D eigenvalue weighted by atomic mass is 16.5. The van der Waals surface area contributed by atoms with Crippen molar-refractivity contribution in [2.45, 2.75) is 13.5 Å². The van der Waals surface area contributed by atoms with Gasteiger partial charge in [0.25, 0.3) is 0 Å². The number of rotatable bonds is 5. The van der Waals surface area contributed by atoms with Crippen molar-refractivity contribution in [3.05, 3.63) is 54.0 Å². The van der Waals surface area contributed by atoms with Crippen LogP contribution in [-0.2, 0) is 6.54 Å². The van der Waals surface area contributed by atoms with E-state index >= 15 is 0 Å². The number of aryl methyl sites for hydroxylation is 1. The van der Waals surface area contributed by atoms with Crippen LogP contribution >= 0.6 is 0 Å². The van der Waals surface area contributed by atoms with Gasteiger partial charge in [0, 0.05) is 25.2 Å². The van der Waals surface area contributed by atoms with Crippen molar-refractivity contribution in [1.29, 1.82) is 0 Å². The molecule has 0 aliphatic heterocycles. The summed E-state index contributed by atoms with van der Waals surface area (Å²) in [5, 5.41) is 7.19. The first kappa shape index (κ1) is 14.1. The Kier molecular flexibility index (Phi) is 4.00. The molecular formula is C16H16N4O2. The van der Waals surface area contributed by atoms with Gasteiger partial charge in [-0.2, -0.15) is 4.98 Å². The molecule has 2 aromatic heterocycles. The maximum Gasteiger partial charge on any atom is 0.223 e. The van der Waals surface area contributed by atoms with Crippen molar-refractivity contribution in [1.82, 2.24) is 15.1 Å². The summed E-state index contributed by atoms with van der Waals surface area (Å²) in [6, 6.07) is 11.6. The molecule has 0 saturated carbocycles. The van der Waals surface area contributed by atoms with Crippen LogP contribution in [0, 0.1) is 6.92 Å². The minimum atomic E-state index is 0.541. The molecule has 2 heterocycles. The number of hydrogen-bond acceptors (Lipinski definition) is 6. The largest absolute Gasteiger partial charge is 0.497 e. The molecule has 6 heteroatoms. The molecule has 0 radical (unpaired) electrons. The standard InChI is InChI=1S/C16H16N4O2/c1-11-19-16(20-22-11)13-7-8-17-15(9-13)18-10-12-3-5-14(21-2)6-4-12/h3-9H,10H2,1-2H3,(H,17,18). The highest BCUT2D eigenvalue weighted by Gasteiger charge is 2.06. The van der Waals surface area contributed by atoms with Crippen LogP contribution in [-0.4, -0.2) is 22.2 Å². The summed E-state index contributed by atoms with van der Waals surface area (Å²) in [5.74, 6) is 2.71. The molecule has 0 bridgehead atoms. The predicted octanol–water partition coefficient (Wildman–Crippen LogP) is 3.06. The van der Waals surface area contributed by atoms with Crippen LogP contribution in [0.3, 0.4) is 0 Å². The molecule has 0 amide bonds. The summed E-state index contributed by atoms with van der Waals surface area (Å²) in [5.41, 5.74) is 2.01. The van der Waals surface area contributed by atoms with Gasteiger partial charge >= 0.3 is 0 Å². The molecule has 0 atom stereocenters. The molecule has 22 heavy (non-hydrogen) atoms.